The Hall–Kier alpha value is -2.69. The van der Waals surface area contributed by atoms with E-state index in [2.05, 4.69) is 24.3 Å². The van der Waals surface area contributed by atoms with Gasteiger partial charge in [-0.1, -0.05) is 66.6 Å². The lowest BCUT2D eigenvalue weighted by atomic mass is 9.81. The van der Waals surface area contributed by atoms with Gasteiger partial charge in [0.2, 0.25) is 0 Å². The molecule has 1 fully saturated rings. The van der Waals surface area contributed by atoms with Crippen molar-refractivity contribution in [2.24, 2.45) is 17.6 Å². The second-order valence-electron chi connectivity index (χ2n) is 8.65. The molecule has 0 saturated heterocycles. The summed E-state index contributed by atoms with van der Waals surface area (Å²) in [4.78, 5) is 18.7. The fraction of sp³-hybridized carbons (Fsp3) is 0.308. The largest absolute Gasteiger partial charge is 0.330 e. The molecule has 1 heterocycles. The van der Waals surface area contributed by atoms with Gasteiger partial charge in [-0.3, -0.25) is 9.36 Å². The highest BCUT2D eigenvalue weighted by atomic mass is 35.5. The van der Waals surface area contributed by atoms with E-state index in [-0.39, 0.29) is 5.56 Å². The molecule has 1 aliphatic carbocycles. The van der Waals surface area contributed by atoms with Crippen LogP contribution >= 0.6 is 11.6 Å². The molecule has 1 aromatic heterocycles. The molecule has 0 aliphatic heterocycles. The summed E-state index contributed by atoms with van der Waals surface area (Å²) < 4.78 is 1.86. The van der Waals surface area contributed by atoms with Gasteiger partial charge in [-0.2, -0.15) is 0 Å². The van der Waals surface area contributed by atoms with Crippen LogP contribution < -0.4 is 11.3 Å². The van der Waals surface area contributed by atoms with Crippen molar-refractivity contribution in [2.75, 3.05) is 6.54 Å². The Labute approximate surface area is 186 Å². The number of nitrogens with zero attached hydrogens (tertiary/aromatic N) is 2. The smallest absolute Gasteiger partial charge is 0.263 e. The van der Waals surface area contributed by atoms with E-state index >= 15 is 0 Å². The van der Waals surface area contributed by atoms with Crippen molar-refractivity contribution in [3.8, 4) is 11.4 Å². The summed E-state index contributed by atoms with van der Waals surface area (Å²) in [6.07, 6.45) is 4.50. The Morgan fingerprint density at radius 3 is 2.65 bits per heavy atom. The zero-order valence-electron chi connectivity index (χ0n) is 17.4. The maximum Gasteiger partial charge on any atom is 0.263 e. The first kappa shape index (κ1) is 20.2. The quantitative estimate of drug-likeness (QED) is 0.455. The normalized spacial score (nSPS) is 19.2. The van der Waals surface area contributed by atoms with Gasteiger partial charge in [-0.15, -0.1) is 0 Å². The number of halogens is 1. The minimum Gasteiger partial charge on any atom is -0.330 e. The Balaban J connectivity index is 1.73. The van der Waals surface area contributed by atoms with Crippen molar-refractivity contribution in [1.82, 2.24) is 9.55 Å². The van der Waals surface area contributed by atoms with Crippen LogP contribution in [0.3, 0.4) is 0 Å². The molecular weight excluding hydrogens is 406 g/mol. The van der Waals surface area contributed by atoms with E-state index in [1.807, 2.05) is 34.9 Å². The van der Waals surface area contributed by atoms with Gasteiger partial charge in [0, 0.05) is 12.1 Å². The number of nitrogens with two attached hydrogens (primary N) is 1. The molecule has 0 spiro atoms. The predicted molar refractivity (Wildman–Crippen MR) is 128 cm³/mol. The molecule has 31 heavy (non-hydrogen) atoms. The van der Waals surface area contributed by atoms with Crippen molar-refractivity contribution in [2.45, 2.75) is 32.2 Å². The van der Waals surface area contributed by atoms with Gasteiger partial charge in [-0.25, -0.2) is 4.98 Å². The second kappa shape index (κ2) is 8.45. The summed E-state index contributed by atoms with van der Waals surface area (Å²) >= 11 is 6.45. The van der Waals surface area contributed by atoms with Crippen LogP contribution in [0.1, 0.15) is 25.7 Å². The number of hydrogen-bond donors (Lipinski definition) is 1. The summed E-state index contributed by atoms with van der Waals surface area (Å²) in [7, 11) is 0. The Morgan fingerprint density at radius 2 is 1.77 bits per heavy atom. The summed E-state index contributed by atoms with van der Waals surface area (Å²) in [6, 6.07) is 19.9. The highest BCUT2D eigenvalue weighted by Crippen LogP contribution is 2.33. The summed E-state index contributed by atoms with van der Waals surface area (Å²) in [5.41, 5.74) is 7.52. The number of hydrogen-bond acceptors (Lipinski definition) is 3. The van der Waals surface area contributed by atoms with Gasteiger partial charge >= 0.3 is 0 Å². The van der Waals surface area contributed by atoms with Gasteiger partial charge in [0.05, 0.1) is 15.9 Å². The molecule has 3 aromatic carbocycles. The van der Waals surface area contributed by atoms with Crippen LogP contribution in [-0.2, 0) is 6.54 Å². The lowest BCUT2D eigenvalue weighted by Gasteiger charge is -2.29. The summed E-state index contributed by atoms with van der Waals surface area (Å²) in [5, 5.41) is 3.18. The molecule has 5 heteroatoms. The minimum atomic E-state index is -0.0617. The van der Waals surface area contributed by atoms with Crippen molar-refractivity contribution < 1.29 is 0 Å². The number of benzene rings is 3. The van der Waals surface area contributed by atoms with Crippen LogP contribution in [0.5, 0.6) is 0 Å². The monoisotopic (exact) mass is 431 g/mol. The minimum absolute atomic E-state index is 0.0617. The van der Waals surface area contributed by atoms with Crippen molar-refractivity contribution in [3.05, 3.63) is 76.0 Å². The maximum atomic E-state index is 13.7. The highest BCUT2D eigenvalue weighted by Gasteiger charge is 2.24. The SMILES string of the molecule is NCC1CCCC(Cn2c(-c3cccc4ccccc34)nc3cccc(Cl)c3c2=O)C1. The van der Waals surface area contributed by atoms with E-state index < -0.39 is 0 Å². The molecule has 4 nitrogen and oxygen atoms in total. The summed E-state index contributed by atoms with van der Waals surface area (Å²) in [5.74, 6) is 1.66. The van der Waals surface area contributed by atoms with Crippen LogP contribution in [0.25, 0.3) is 33.1 Å². The van der Waals surface area contributed by atoms with E-state index in [4.69, 9.17) is 22.3 Å². The molecule has 1 saturated carbocycles. The number of fused-ring (bicyclic) bond motifs is 2. The standard InChI is InChI=1S/C26H26ClN3O/c27-22-12-5-13-23-24(22)26(31)30(16-18-7-3-6-17(14-18)15-28)25(29-23)21-11-4-9-19-8-1-2-10-20(19)21/h1-2,4-5,8-13,17-18H,3,6-7,14-16,28H2. The van der Waals surface area contributed by atoms with E-state index in [1.165, 1.54) is 6.42 Å². The number of rotatable bonds is 4. The lowest BCUT2D eigenvalue weighted by Crippen LogP contribution is -2.31. The van der Waals surface area contributed by atoms with E-state index in [9.17, 15) is 4.79 Å². The van der Waals surface area contributed by atoms with Crippen LogP contribution in [0, 0.1) is 11.8 Å². The van der Waals surface area contributed by atoms with E-state index in [0.717, 1.165) is 35.6 Å². The van der Waals surface area contributed by atoms with Gasteiger partial charge in [-0.05, 0) is 60.5 Å². The van der Waals surface area contributed by atoms with Crippen LogP contribution in [0.2, 0.25) is 5.02 Å². The van der Waals surface area contributed by atoms with Crippen molar-refractivity contribution >= 4 is 33.3 Å². The maximum absolute atomic E-state index is 13.7. The molecule has 1 aliphatic rings. The molecule has 2 unspecified atom stereocenters. The zero-order chi connectivity index (χ0) is 21.4. The average molecular weight is 432 g/mol. The third-order valence-corrected chi connectivity index (χ3v) is 6.94. The molecule has 2 N–H and O–H groups in total. The average Bonchev–Trinajstić information content (AvgIpc) is 2.80. The molecule has 5 rings (SSSR count). The van der Waals surface area contributed by atoms with Gasteiger partial charge < -0.3 is 5.73 Å². The third kappa shape index (κ3) is 3.75. The Bertz CT molecular complexity index is 1310. The van der Waals surface area contributed by atoms with Crippen LogP contribution in [0.4, 0.5) is 0 Å². The molecule has 158 valence electrons. The van der Waals surface area contributed by atoms with Gasteiger partial charge in [0.1, 0.15) is 5.82 Å². The van der Waals surface area contributed by atoms with Crippen molar-refractivity contribution in [3.63, 3.8) is 0 Å². The van der Waals surface area contributed by atoms with Crippen LogP contribution in [0.15, 0.2) is 65.5 Å². The first-order valence-corrected chi connectivity index (χ1v) is 11.4. The molecular formula is C26H26ClN3O. The van der Waals surface area contributed by atoms with Gasteiger partial charge in [0.15, 0.2) is 0 Å². The van der Waals surface area contributed by atoms with E-state index in [1.54, 1.807) is 6.07 Å². The Kier molecular flexibility index (Phi) is 5.51. The topological polar surface area (TPSA) is 60.9 Å². The first-order chi connectivity index (χ1) is 15.2. The summed E-state index contributed by atoms with van der Waals surface area (Å²) in [6.45, 7) is 1.35. The molecule has 4 aromatic rings. The lowest BCUT2D eigenvalue weighted by molar-refractivity contribution is 0.246. The van der Waals surface area contributed by atoms with Gasteiger partial charge in [0.25, 0.3) is 5.56 Å². The second-order valence-corrected chi connectivity index (χ2v) is 9.05. The molecule has 0 radical (unpaired) electrons. The fourth-order valence-electron chi connectivity index (χ4n) is 5.06. The molecule has 0 amide bonds. The molecule has 0 bridgehead atoms. The Morgan fingerprint density at radius 1 is 1.00 bits per heavy atom. The van der Waals surface area contributed by atoms with Crippen LogP contribution in [-0.4, -0.2) is 16.1 Å². The molecule has 2 atom stereocenters. The van der Waals surface area contributed by atoms with Crippen molar-refractivity contribution in [1.29, 1.82) is 0 Å². The highest BCUT2D eigenvalue weighted by molar-refractivity contribution is 6.35. The first-order valence-electron chi connectivity index (χ1n) is 11.0. The zero-order valence-corrected chi connectivity index (χ0v) is 18.2. The number of aromatic nitrogens is 2. The fourth-order valence-corrected chi connectivity index (χ4v) is 5.31. The van der Waals surface area contributed by atoms with E-state index in [0.29, 0.717) is 46.7 Å². The third-order valence-electron chi connectivity index (χ3n) is 6.63. The predicted octanol–water partition coefficient (Wildman–Crippen LogP) is 5.64.